The summed E-state index contributed by atoms with van der Waals surface area (Å²) in [7, 11) is 0. The van der Waals surface area contributed by atoms with E-state index in [1.807, 2.05) is 6.07 Å². The predicted octanol–water partition coefficient (Wildman–Crippen LogP) is 2.06. The van der Waals surface area contributed by atoms with Crippen molar-refractivity contribution in [3.8, 4) is 6.07 Å². The third kappa shape index (κ3) is 3.34. The van der Waals surface area contributed by atoms with Gasteiger partial charge in [-0.3, -0.25) is 4.98 Å². The molecule has 68 valence electrons. The van der Waals surface area contributed by atoms with Crippen molar-refractivity contribution in [2.75, 3.05) is 11.5 Å². The van der Waals surface area contributed by atoms with Crippen molar-refractivity contribution < 1.29 is 0 Å². The molecule has 0 amide bonds. The summed E-state index contributed by atoms with van der Waals surface area (Å²) in [5, 5.41) is 8.32. The molecule has 0 aliphatic rings. The number of nitrogens with two attached hydrogens (primary N) is 1. The molecule has 0 atom stereocenters. The molecule has 0 saturated heterocycles. The average molecular weight is 193 g/mol. The molecule has 1 aromatic heterocycles. The van der Waals surface area contributed by atoms with Crippen LogP contribution in [0.2, 0.25) is 0 Å². The van der Waals surface area contributed by atoms with Crippen LogP contribution >= 0.6 is 11.8 Å². The fourth-order valence-corrected chi connectivity index (χ4v) is 1.74. The first-order valence-electron chi connectivity index (χ1n) is 4.04. The maximum atomic E-state index is 8.32. The maximum Gasteiger partial charge on any atom is 0.0638 e. The van der Waals surface area contributed by atoms with Gasteiger partial charge in [-0.1, -0.05) is 0 Å². The fraction of sp³-hybridized carbons (Fsp3) is 0.333. The van der Waals surface area contributed by atoms with Crippen LogP contribution in [0.1, 0.15) is 12.8 Å². The summed E-state index contributed by atoms with van der Waals surface area (Å²) >= 11 is 1.67. The summed E-state index contributed by atoms with van der Waals surface area (Å²) in [5.74, 6) is 0.932. The summed E-state index contributed by atoms with van der Waals surface area (Å²) < 4.78 is 0. The van der Waals surface area contributed by atoms with Crippen LogP contribution in [0.4, 0.5) is 5.69 Å². The zero-order chi connectivity index (χ0) is 9.52. The smallest absolute Gasteiger partial charge is 0.0638 e. The van der Waals surface area contributed by atoms with Gasteiger partial charge in [-0.25, -0.2) is 0 Å². The third-order valence-electron chi connectivity index (χ3n) is 1.50. The summed E-state index contributed by atoms with van der Waals surface area (Å²) in [6.07, 6.45) is 4.89. The first-order chi connectivity index (χ1) is 6.34. The number of unbranched alkanes of at least 4 members (excludes halogenated alkanes) is 1. The van der Waals surface area contributed by atoms with Gasteiger partial charge in [-0.15, -0.1) is 11.8 Å². The minimum atomic E-state index is 0.609. The standard InChI is InChI=1S/C9H11N3S/c10-4-1-2-6-13-9-3-5-12-7-8(9)11/h3,5,7H,1-2,6,11H2. The Balaban J connectivity index is 2.37. The number of anilines is 1. The molecule has 13 heavy (non-hydrogen) atoms. The molecular weight excluding hydrogens is 182 g/mol. The fourth-order valence-electron chi connectivity index (χ4n) is 0.859. The Bertz CT molecular complexity index is 306. The van der Waals surface area contributed by atoms with Crippen LogP contribution in [0.5, 0.6) is 0 Å². The molecule has 1 heterocycles. The molecule has 0 unspecified atom stereocenters. The van der Waals surface area contributed by atoms with E-state index in [-0.39, 0.29) is 0 Å². The van der Waals surface area contributed by atoms with Crippen molar-refractivity contribution in [1.82, 2.24) is 4.98 Å². The minimum absolute atomic E-state index is 0.609. The summed E-state index contributed by atoms with van der Waals surface area (Å²) in [6, 6.07) is 4.01. The Morgan fingerprint density at radius 2 is 2.46 bits per heavy atom. The molecule has 1 aromatic rings. The van der Waals surface area contributed by atoms with Gasteiger partial charge in [0.05, 0.1) is 18.0 Å². The van der Waals surface area contributed by atoms with E-state index in [1.54, 1.807) is 24.2 Å². The Kier molecular flexibility index (Phi) is 4.13. The number of hydrogen-bond acceptors (Lipinski definition) is 4. The highest BCUT2D eigenvalue weighted by Crippen LogP contribution is 2.24. The highest BCUT2D eigenvalue weighted by Gasteiger charge is 1.97. The lowest BCUT2D eigenvalue weighted by atomic mass is 10.4. The number of aromatic nitrogens is 1. The van der Waals surface area contributed by atoms with Crippen LogP contribution in [0, 0.1) is 11.3 Å². The Morgan fingerprint density at radius 1 is 1.62 bits per heavy atom. The maximum absolute atomic E-state index is 8.32. The summed E-state index contributed by atoms with van der Waals surface area (Å²) in [5.41, 5.74) is 6.40. The van der Waals surface area contributed by atoms with E-state index in [9.17, 15) is 0 Å². The van der Waals surface area contributed by atoms with Crippen molar-refractivity contribution in [2.45, 2.75) is 17.7 Å². The lowest BCUT2D eigenvalue weighted by Gasteiger charge is -2.02. The Morgan fingerprint density at radius 3 is 3.15 bits per heavy atom. The Hall–Kier alpha value is -1.21. The van der Waals surface area contributed by atoms with Gasteiger partial charge in [0, 0.05) is 17.5 Å². The highest BCUT2D eigenvalue weighted by atomic mass is 32.2. The van der Waals surface area contributed by atoms with Crippen LogP contribution in [-0.2, 0) is 0 Å². The van der Waals surface area contributed by atoms with Crippen LogP contribution in [0.3, 0.4) is 0 Å². The lowest BCUT2D eigenvalue weighted by Crippen LogP contribution is -1.89. The zero-order valence-electron chi connectivity index (χ0n) is 7.23. The second-order valence-corrected chi connectivity index (χ2v) is 3.66. The molecule has 0 saturated carbocycles. The molecule has 0 bridgehead atoms. The van der Waals surface area contributed by atoms with Gasteiger partial charge in [0.25, 0.3) is 0 Å². The summed E-state index contributed by atoms with van der Waals surface area (Å²) in [4.78, 5) is 4.95. The van der Waals surface area contributed by atoms with Gasteiger partial charge in [0.2, 0.25) is 0 Å². The van der Waals surface area contributed by atoms with Crippen molar-refractivity contribution in [3.05, 3.63) is 18.5 Å². The van der Waals surface area contributed by atoms with Crippen LogP contribution in [0.15, 0.2) is 23.4 Å². The molecule has 3 nitrogen and oxygen atoms in total. The molecule has 0 fully saturated rings. The van der Waals surface area contributed by atoms with Crippen LogP contribution < -0.4 is 5.73 Å². The highest BCUT2D eigenvalue weighted by molar-refractivity contribution is 7.99. The quantitative estimate of drug-likeness (QED) is 0.587. The lowest BCUT2D eigenvalue weighted by molar-refractivity contribution is 0.981. The normalized spacial score (nSPS) is 9.46. The first-order valence-corrected chi connectivity index (χ1v) is 5.02. The number of hydrogen-bond donors (Lipinski definition) is 1. The van der Waals surface area contributed by atoms with Gasteiger partial charge >= 0.3 is 0 Å². The number of pyridine rings is 1. The number of nitrogens with zero attached hydrogens (tertiary/aromatic N) is 2. The van der Waals surface area contributed by atoms with Crippen LogP contribution in [0.25, 0.3) is 0 Å². The Labute approximate surface area is 82.0 Å². The van der Waals surface area contributed by atoms with E-state index in [1.165, 1.54) is 0 Å². The van der Waals surface area contributed by atoms with Gasteiger partial charge in [-0.05, 0) is 18.2 Å². The third-order valence-corrected chi connectivity index (χ3v) is 2.68. The average Bonchev–Trinajstić information content (AvgIpc) is 2.15. The SMILES string of the molecule is N#CCCCSc1ccncc1N. The monoisotopic (exact) mass is 193 g/mol. The number of rotatable bonds is 4. The van der Waals surface area contributed by atoms with Gasteiger partial charge < -0.3 is 5.73 Å². The molecular formula is C9H11N3S. The molecule has 0 aliphatic carbocycles. The second-order valence-electron chi connectivity index (χ2n) is 2.52. The second kappa shape index (κ2) is 5.44. The molecule has 1 rings (SSSR count). The van der Waals surface area contributed by atoms with Gasteiger partial charge in [-0.2, -0.15) is 5.26 Å². The number of thioether (sulfide) groups is 1. The van der Waals surface area contributed by atoms with E-state index >= 15 is 0 Å². The van der Waals surface area contributed by atoms with E-state index in [2.05, 4.69) is 11.1 Å². The predicted molar refractivity (Wildman–Crippen MR) is 54.2 cm³/mol. The van der Waals surface area contributed by atoms with E-state index in [0.717, 1.165) is 17.1 Å². The number of nitriles is 1. The molecule has 4 heteroatoms. The van der Waals surface area contributed by atoms with Crippen molar-refractivity contribution in [2.24, 2.45) is 0 Å². The van der Waals surface area contributed by atoms with E-state index in [4.69, 9.17) is 11.0 Å². The van der Waals surface area contributed by atoms with Crippen molar-refractivity contribution >= 4 is 17.4 Å². The van der Waals surface area contributed by atoms with Crippen molar-refractivity contribution in [1.29, 1.82) is 5.26 Å². The number of nitrogen functional groups attached to an aromatic ring is 1. The largest absolute Gasteiger partial charge is 0.397 e. The van der Waals surface area contributed by atoms with Crippen LogP contribution in [-0.4, -0.2) is 10.7 Å². The minimum Gasteiger partial charge on any atom is -0.397 e. The van der Waals surface area contributed by atoms with Gasteiger partial charge in [0.15, 0.2) is 0 Å². The van der Waals surface area contributed by atoms with Crippen molar-refractivity contribution in [3.63, 3.8) is 0 Å². The molecule has 0 aliphatic heterocycles. The molecule has 0 radical (unpaired) electrons. The van der Waals surface area contributed by atoms with Gasteiger partial charge in [0.1, 0.15) is 0 Å². The van der Waals surface area contributed by atoms with E-state index in [0.29, 0.717) is 12.1 Å². The first kappa shape index (κ1) is 9.87. The zero-order valence-corrected chi connectivity index (χ0v) is 8.05. The van der Waals surface area contributed by atoms with E-state index < -0.39 is 0 Å². The topological polar surface area (TPSA) is 62.7 Å². The molecule has 2 N–H and O–H groups in total. The summed E-state index contributed by atoms with van der Waals surface area (Å²) in [6.45, 7) is 0. The molecule has 0 spiro atoms. The molecule has 0 aromatic carbocycles.